The Balaban J connectivity index is 0.000000230. The Labute approximate surface area is 251 Å². The Morgan fingerprint density at radius 3 is 1.33 bits per heavy atom. The molecule has 2 saturated heterocycles. The van der Waals surface area contributed by atoms with Crippen molar-refractivity contribution in [3.05, 3.63) is 83.8 Å². The summed E-state index contributed by atoms with van der Waals surface area (Å²) in [6.07, 6.45) is 4.57. The highest BCUT2D eigenvalue weighted by Gasteiger charge is 2.50. The lowest BCUT2D eigenvalue weighted by molar-refractivity contribution is 0.00578. The molecule has 10 heteroatoms. The van der Waals surface area contributed by atoms with Gasteiger partial charge in [-0.15, -0.1) is 0 Å². The molecule has 2 aliphatic heterocycles. The maximum absolute atomic E-state index is 10.6. The van der Waals surface area contributed by atoms with Crippen LogP contribution in [0, 0.1) is 0 Å². The zero-order chi connectivity index (χ0) is 31.0. The van der Waals surface area contributed by atoms with Crippen LogP contribution in [0.2, 0.25) is 0 Å². The summed E-state index contributed by atoms with van der Waals surface area (Å²) >= 11 is 0. The molecule has 0 saturated carbocycles. The van der Waals surface area contributed by atoms with Crippen molar-refractivity contribution < 1.29 is 38.0 Å². The quantitative estimate of drug-likeness (QED) is 0.279. The zero-order valence-corrected chi connectivity index (χ0v) is 26.1. The fourth-order valence-electron chi connectivity index (χ4n) is 3.89. The first kappa shape index (κ1) is 33.6. The predicted molar refractivity (Wildman–Crippen MR) is 166 cm³/mol. The Hall–Kier alpha value is -2.88. The van der Waals surface area contributed by atoms with Gasteiger partial charge in [-0.3, -0.25) is 4.79 Å². The molecule has 2 aliphatic rings. The molecule has 0 aliphatic carbocycles. The number of benzene rings is 2. The summed E-state index contributed by atoms with van der Waals surface area (Å²) in [7, 11) is -0.689. The summed E-state index contributed by atoms with van der Waals surface area (Å²) in [6, 6.07) is 14.3. The number of hydrogen-bond donors (Lipinski definition) is 1. The maximum Gasteiger partial charge on any atom is 0.486 e. The van der Waals surface area contributed by atoms with Gasteiger partial charge in [0.05, 0.1) is 29.0 Å². The first-order chi connectivity index (χ1) is 19.7. The van der Waals surface area contributed by atoms with Crippen molar-refractivity contribution in [1.82, 2.24) is 0 Å². The fourth-order valence-corrected chi connectivity index (χ4v) is 3.89. The van der Waals surface area contributed by atoms with Gasteiger partial charge in [0.1, 0.15) is 31.0 Å². The molecule has 0 atom stereocenters. The largest absolute Gasteiger partial charge is 0.490 e. The summed E-state index contributed by atoms with van der Waals surface area (Å²) in [5, 5.41) is 8.97. The molecule has 226 valence electrons. The number of carbonyl (C=O) groups excluding carboxylic acids is 1. The number of aliphatic hydroxyl groups excluding tert-OH is 1. The SMILES string of the molecule is CC1(C)OB(/C=C/COc2ccc(C=O)cc2)OC1(C)C.CC1(C)OB(/C=C/COc2ccc(CO)cc2)OC1(C)C. The topological polar surface area (TPSA) is 92.7 Å². The van der Waals surface area contributed by atoms with Gasteiger partial charge in [0, 0.05) is 5.56 Å². The smallest absolute Gasteiger partial charge is 0.486 e. The van der Waals surface area contributed by atoms with Crippen LogP contribution in [0.25, 0.3) is 0 Å². The second kappa shape index (κ2) is 14.1. The molecule has 2 aromatic carbocycles. The fraction of sp³-hybridized carbons (Fsp3) is 0.469. The lowest BCUT2D eigenvalue weighted by Crippen LogP contribution is -2.41. The van der Waals surface area contributed by atoms with E-state index in [1.165, 1.54) is 0 Å². The van der Waals surface area contributed by atoms with Crippen LogP contribution in [-0.2, 0) is 25.2 Å². The molecule has 0 amide bonds. The van der Waals surface area contributed by atoms with Gasteiger partial charge in [-0.05, 0) is 97.4 Å². The van der Waals surface area contributed by atoms with Crippen LogP contribution in [0.3, 0.4) is 0 Å². The van der Waals surface area contributed by atoms with E-state index >= 15 is 0 Å². The van der Waals surface area contributed by atoms with Crippen LogP contribution in [0.4, 0.5) is 0 Å². The molecule has 1 N–H and O–H groups in total. The van der Waals surface area contributed by atoms with E-state index < -0.39 is 0 Å². The average Bonchev–Trinajstić information content (AvgIpc) is 3.28. The minimum atomic E-state index is -0.351. The minimum Gasteiger partial charge on any atom is -0.490 e. The summed E-state index contributed by atoms with van der Waals surface area (Å²) < 4.78 is 34.5. The normalized spacial score (nSPS) is 20.0. The second-order valence-corrected chi connectivity index (χ2v) is 12.2. The monoisotopic (exact) mass is 578 g/mol. The van der Waals surface area contributed by atoms with Gasteiger partial charge in [-0.25, -0.2) is 0 Å². The Morgan fingerprint density at radius 1 is 0.643 bits per heavy atom. The average molecular weight is 578 g/mol. The standard InChI is InChI=1S/C16H23BO4.C16H21BO4/c2*1-15(2)16(3,4)21-17(20-15)10-5-11-19-14-8-6-13(12-18)7-9-14/h5-10,18H,11-12H2,1-4H3;5-10,12H,11H2,1-4H3/b2*10-5+. The Bertz CT molecular complexity index is 1170. The molecule has 4 rings (SSSR count). The van der Waals surface area contributed by atoms with Crippen LogP contribution in [0.1, 0.15) is 71.3 Å². The molecular weight excluding hydrogens is 534 g/mol. The number of ether oxygens (including phenoxy) is 2. The Kier molecular flexibility index (Phi) is 11.3. The lowest BCUT2D eigenvalue weighted by Gasteiger charge is -2.32. The van der Waals surface area contributed by atoms with Crippen molar-refractivity contribution in [3.63, 3.8) is 0 Å². The van der Waals surface area contributed by atoms with Crippen molar-refractivity contribution in [2.45, 2.75) is 84.4 Å². The van der Waals surface area contributed by atoms with Crippen molar-refractivity contribution in [1.29, 1.82) is 0 Å². The van der Waals surface area contributed by atoms with Crippen LogP contribution < -0.4 is 9.47 Å². The van der Waals surface area contributed by atoms with Gasteiger partial charge in [0.2, 0.25) is 0 Å². The van der Waals surface area contributed by atoms with Gasteiger partial charge in [0.25, 0.3) is 0 Å². The molecule has 2 aromatic rings. The molecule has 0 radical (unpaired) electrons. The number of carbonyl (C=O) groups is 1. The first-order valence-corrected chi connectivity index (χ1v) is 14.2. The van der Waals surface area contributed by atoms with Crippen molar-refractivity contribution in [3.8, 4) is 11.5 Å². The highest BCUT2D eigenvalue weighted by molar-refractivity contribution is 6.52. The van der Waals surface area contributed by atoms with Crippen LogP contribution in [0.15, 0.2) is 72.6 Å². The lowest BCUT2D eigenvalue weighted by atomic mass is 9.90. The van der Waals surface area contributed by atoms with Gasteiger partial charge in [-0.1, -0.05) is 36.2 Å². The number of rotatable bonds is 10. The third-order valence-electron chi connectivity index (χ3n) is 7.94. The number of hydrogen-bond acceptors (Lipinski definition) is 8. The minimum absolute atomic E-state index is 0.0438. The van der Waals surface area contributed by atoms with Gasteiger partial charge >= 0.3 is 14.2 Å². The van der Waals surface area contributed by atoms with E-state index in [0.29, 0.717) is 18.8 Å². The van der Waals surface area contributed by atoms with E-state index in [-0.39, 0.29) is 43.2 Å². The highest BCUT2D eigenvalue weighted by atomic mass is 16.7. The predicted octanol–water partition coefficient (Wildman–Crippen LogP) is 5.81. The summed E-state index contributed by atoms with van der Waals surface area (Å²) in [6.45, 7) is 17.1. The van der Waals surface area contributed by atoms with Crippen molar-refractivity contribution >= 4 is 20.5 Å². The molecule has 0 aromatic heterocycles. The van der Waals surface area contributed by atoms with E-state index in [1.807, 2.05) is 104 Å². The molecule has 42 heavy (non-hydrogen) atoms. The van der Waals surface area contributed by atoms with E-state index in [1.54, 1.807) is 24.3 Å². The van der Waals surface area contributed by atoms with Crippen LogP contribution in [-0.4, -0.2) is 61.2 Å². The van der Waals surface area contributed by atoms with Gasteiger partial charge < -0.3 is 33.2 Å². The first-order valence-electron chi connectivity index (χ1n) is 14.2. The molecule has 2 heterocycles. The summed E-state index contributed by atoms with van der Waals surface area (Å²) in [5.41, 5.74) is 0.220. The highest BCUT2D eigenvalue weighted by Crippen LogP contribution is 2.37. The molecular formula is C32H44B2O8. The number of aliphatic hydroxyl groups is 1. The molecule has 8 nitrogen and oxygen atoms in total. The third kappa shape index (κ3) is 9.06. The van der Waals surface area contributed by atoms with E-state index in [9.17, 15) is 4.79 Å². The van der Waals surface area contributed by atoms with Crippen molar-refractivity contribution in [2.75, 3.05) is 13.2 Å². The maximum atomic E-state index is 10.6. The van der Waals surface area contributed by atoms with Crippen LogP contribution in [0.5, 0.6) is 11.5 Å². The summed E-state index contributed by atoms with van der Waals surface area (Å²) in [4.78, 5) is 10.6. The second-order valence-electron chi connectivity index (χ2n) is 12.2. The molecule has 0 spiro atoms. The molecule has 0 bridgehead atoms. The van der Waals surface area contributed by atoms with Crippen LogP contribution >= 0.6 is 0 Å². The van der Waals surface area contributed by atoms with E-state index in [2.05, 4.69) is 0 Å². The number of aldehydes is 1. The Morgan fingerprint density at radius 2 is 1.00 bits per heavy atom. The summed E-state index contributed by atoms with van der Waals surface area (Å²) in [5.74, 6) is 5.22. The van der Waals surface area contributed by atoms with Gasteiger partial charge in [-0.2, -0.15) is 0 Å². The molecule has 0 unspecified atom stereocenters. The molecule has 2 fully saturated rings. The van der Waals surface area contributed by atoms with E-state index in [4.69, 9.17) is 33.2 Å². The van der Waals surface area contributed by atoms with E-state index in [0.717, 1.165) is 23.3 Å². The van der Waals surface area contributed by atoms with Crippen molar-refractivity contribution in [2.24, 2.45) is 0 Å². The zero-order valence-electron chi connectivity index (χ0n) is 26.1. The van der Waals surface area contributed by atoms with Gasteiger partial charge in [0.15, 0.2) is 0 Å². The third-order valence-corrected chi connectivity index (χ3v) is 7.94.